The molecule has 3 nitrogen and oxygen atoms in total. The summed E-state index contributed by atoms with van der Waals surface area (Å²) < 4.78 is 6.34. The Morgan fingerprint density at radius 3 is 1.66 bits per heavy atom. The largest absolute Gasteiger partial charge is 0.452 e. The van der Waals surface area contributed by atoms with Crippen molar-refractivity contribution in [1.82, 2.24) is 4.98 Å². The Labute approximate surface area is 221 Å². The summed E-state index contributed by atoms with van der Waals surface area (Å²) in [4.78, 5) is 6.97. The summed E-state index contributed by atoms with van der Waals surface area (Å²) in [5, 5.41) is 2.15. The molecule has 0 bridgehead atoms. The third-order valence-electron chi connectivity index (χ3n) is 6.95. The predicted octanol–water partition coefficient (Wildman–Crippen LogP) is 9.78. The Hall–Kier alpha value is -5.15. The fraction of sp³-hybridized carbons (Fsp3) is 0. The van der Waals surface area contributed by atoms with Crippen LogP contribution in [0.1, 0.15) is 0 Å². The molecule has 0 amide bonds. The smallest absolute Gasteiger partial charge is 0.181 e. The number of benzene rings is 5. The van der Waals surface area contributed by atoms with Gasteiger partial charge in [0, 0.05) is 28.3 Å². The molecule has 180 valence electrons. The fourth-order valence-corrected chi connectivity index (χ4v) is 5.06. The molecule has 38 heavy (non-hydrogen) atoms. The number of pyridine rings is 1. The van der Waals surface area contributed by atoms with Crippen LogP contribution in [-0.4, -0.2) is 4.98 Å². The van der Waals surface area contributed by atoms with Gasteiger partial charge in [-0.3, -0.25) is 4.90 Å². The summed E-state index contributed by atoms with van der Waals surface area (Å²) in [6.45, 7) is 0. The summed E-state index contributed by atoms with van der Waals surface area (Å²) >= 11 is 0. The molecular weight excluding hydrogens is 464 g/mol. The summed E-state index contributed by atoms with van der Waals surface area (Å²) in [7, 11) is 0. The lowest BCUT2D eigenvalue weighted by atomic mass is 10.00. The van der Waals surface area contributed by atoms with Crippen molar-refractivity contribution in [2.75, 3.05) is 4.90 Å². The number of rotatable bonds is 5. The standard InChI is InChI=1S/C35H24N2O/c1-3-9-25(10-4-1)26-15-17-27(18-16-26)28-19-21-30(22-20-28)37(29-11-5-2-6-12-29)35-34-32(23-24-36-35)31-13-7-8-14-33(31)38-34/h1-24H. The van der Waals surface area contributed by atoms with Crippen LogP contribution in [0.2, 0.25) is 0 Å². The Balaban J connectivity index is 1.30. The molecule has 0 aliphatic heterocycles. The quantitative estimate of drug-likeness (QED) is 0.241. The fourth-order valence-electron chi connectivity index (χ4n) is 5.06. The zero-order valence-electron chi connectivity index (χ0n) is 20.7. The Kier molecular flexibility index (Phi) is 5.45. The first-order valence-electron chi connectivity index (χ1n) is 12.7. The molecular formula is C35H24N2O. The molecule has 7 aromatic rings. The third kappa shape index (κ3) is 3.91. The van der Waals surface area contributed by atoms with Crippen LogP contribution in [0.25, 0.3) is 44.2 Å². The van der Waals surface area contributed by atoms with Crippen LogP contribution in [-0.2, 0) is 0 Å². The first kappa shape index (κ1) is 22.1. The number of fused-ring (bicyclic) bond motifs is 3. The summed E-state index contributed by atoms with van der Waals surface area (Å²) in [5.41, 5.74) is 8.45. The van der Waals surface area contributed by atoms with Crippen molar-refractivity contribution in [2.45, 2.75) is 0 Å². The highest BCUT2D eigenvalue weighted by Crippen LogP contribution is 2.40. The van der Waals surface area contributed by atoms with Gasteiger partial charge in [0.1, 0.15) is 5.58 Å². The van der Waals surface area contributed by atoms with Crippen LogP contribution in [0.4, 0.5) is 17.2 Å². The molecule has 0 fully saturated rings. The van der Waals surface area contributed by atoms with Gasteiger partial charge in [0.2, 0.25) is 0 Å². The lowest BCUT2D eigenvalue weighted by Gasteiger charge is -2.24. The van der Waals surface area contributed by atoms with Crippen molar-refractivity contribution in [3.8, 4) is 22.3 Å². The van der Waals surface area contributed by atoms with E-state index in [1.807, 2.05) is 54.7 Å². The minimum atomic E-state index is 0.768. The van der Waals surface area contributed by atoms with Crippen LogP contribution >= 0.6 is 0 Å². The van der Waals surface area contributed by atoms with Crippen LogP contribution in [0.5, 0.6) is 0 Å². The van der Waals surface area contributed by atoms with E-state index in [-0.39, 0.29) is 0 Å². The van der Waals surface area contributed by atoms with Crippen LogP contribution < -0.4 is 4.90 Å². The molecule has 0 unspecified atom stereocenters. The van der Waals surface area contributed by atoms with E-state index in [0.717, 1.165) is 44.7 Å². The van der Waals surface area contributed by atoms with Gasteiger partial charge < -0.3 is 4.42 Å². The van der Waals surface area contributed by atoms with Crippen LogP contribution in [0.3, 0.4) is 0 Å². The van der Waals surface area contributed by atoms with E-state index in [2.05, 4.69) is 95.9 Å². The number of anilines is 3. The minimum Gasteiger partial charge on any atom is -0.452 e. The molecule has 0 aliphatic rings. The number of aromatic nitrogens is 1. The van der Waals surface area contributed by atoms with E-state index in [9.17, 15) is 0 Å². The second kappa shape index (κ2) is 9.38. The highest BCUT2D eigenvalue weighted by molar-refractivity contribution is 6.09. The molecule has 0 saturated heterocycles. The topological polar surface area (TPSA) is 29.3 Å². The zero-order valence-corrected chi connectivity index (χ0v) is 20.7. The Bertz CT molecular complexity index is 1840. The van der Waals surface area contributed by atoms with Gasteiger partial charge in [-0.15, -0.1) is 0 Å². The molecule has 0 saturated carbocycles. The Morgan fingerprint density at radius 2 is 0.974 bits per heavy atom. The zero-order chi connectivity index (χ0) is 25.3. The van der Waals surface area contributed by atoms with Crippen molar-refractivity contribution in [1.29, 1.82) is 0 Å². The van der Waals surface area contributed by atoms with Gasteiger partial charge in [0.05, 0.1) is 0 Å². The average molecular weight is 489 g/mol. The molecule has 5 aromatic carbocycles. The first-order valence-corrected chi connectivity index (χ1v) is 12.7. The SMILES string of the molecule is c1ccc(-c2ccc(-c3ccc(N(c4ccccc4)c4nccc5c4oc4ccccc45)cc3)cc2)cc1. The van der Waals surface area contributed by atoms with E-state index in [1.54, 1.807) is 0 Å². The van der Waals surface area contributed by atoms with Crippen LogP contribution in [0, 0.1) is 0 Å². The summed E-state index contributed by atoms with van der Waals surface area (Å²) in [6.07, 6.45) is 1.86. The molecule has 3 heteroatoms. The molecule has 7 rings (SSSR count). The molecule has 0 radical (unpaired) electrons. The summed E-state index contributed by atoms with van der Waals surface area (Å²) in [6, 6.07) is 48.3. The number of nitrogens with zero attached hydrogens (tertiary/aromatic N) is 2. The maximum atomic E-state index is 6.34. The van der Waals surface area contributed by atoms with Crippen molar-refractivity contribution >= 4 is 39.1 Å². The van der Waals surface area contributed by atoms with Gasteiger partial charge in [-0.25, -0.2) is 4.98 Å². The van der Waals surface area contributed by atoms with Crippen molar-refractivity contribution in [3.63, 3.8) is 0 Å². The monoisotopic (exact) mass is 488 g/mol. The summed E-state index contributed by atoms with van der Waals surface area (Å²) in [5.74, 6) is 0.768. The minimum absolute atomic E-state index is 0.768. The molecule has 0 N–H and O–H groups in total. The average Bonchev–Trinajstić information content (AvgIpc) is 3.39. The lowest BCUT2D eigenvalue weighted by molar-refractivity contribution is 0.667. The highest BCUT2D eigenvalue weighted by atomic mass is 16.3. The van der Waals surface area contributed by atoms with E-state index < -0.39 is 0 Å². The molecule has 0 spiro atoms. The van der Waals surface area contributed by atoms with Crippen molar-refractivity contribution < 1.29 is 4.42 Å². The van der Waals surface area contributed by atoms with Gasteiger partial charge in [0.15, 0.2) is 11.4 Å². The first-order chi connectivity index (χ1) is 18.8. The highest BCUT2D eigenvalue weighted by Gasteiger charge is 2.20. The van der Waals surface area contributed by atoms with Gasteiger partial charge in [0.25, 0.3) is 0 Å². The van der Waals surface area contributed by atoms with Gasteiger partial charge in [-0.05, 0) is 58.7 Å². The number of para-hydroxylation sites is 2. The van der Waals surface area contributed by atoms with Crippen molar-refractivity contribution in [3.05, 3.63) is 146 Å². The van der Waals surface area contributed by atoms with Gasteiger partial charge in [-0.2, -0.15) is 0 Å². The van der Waals surface area contributed by atoms with E-state index in [4.69, 9.17) is 9.40 Å². The lowest BCUT2D eigenvalue weighted by Crippen LogP contribution is -2.11. The van der Waals surface area contributed by atoms with Crippen LogP contribution in [0.15, 0.2) is 150 Å². The van der Waals surface area contributed by atoms with E-state index in [1.165, 1.54) is 16.7 Å². The second-order valence-corrected chi connectivity index (χ2v) is 9.27. The maximum absolute atomic E-state index is 6.34. The van der Waals surface area contributed by atoms with Crippen molar-refractivity contribution in [2.24, 2.45) is 0 Å². The third-order valence-corrected chi connectivity index (χ3v) is 6.95. The number of hydrogen-bond donors (Lipinski definition) is 0. The molecule has 0 atom stereocenters. The number of furan rings is 1. The number of hydrogen-bond acceptors (Lipinski definition) is 3. The normalized spacial score (nSPS) is 11.2. The second-order valence-electron chi connectivity index (χ2n) is 9.27. The Morgan fingerprint density at radius 1 is 0.447 bits per heavy atom. The maximum Gasteiger partial charge on any atom is 0.181 e. The van der Waals surface area contributed by atoms with E-state index >= 15 is 0 Å². The van der Waals surface area contributed by atoms with E-state index in [0.29, 0.717) is 0 Å². The molecule has 0 aliphatic carbocycles. The van der Waals surface area contributed by atoms with Gasteiger partial charge in [-0.1, -0.05) is 103 Å². The van der Waals surface area contributed by atoms with Gasteiger partial charge >= 0.3 is 0 Å². The molecule has 2 aromatic heterocycles. The molecule has 2 heterocycles. The predicted molar refractivity (Wildman–Crippen MR) is 157 cm³/mol.